The minimum Gasteiger partial charge on any atom is -0.343 e. The van der Waals surface area contributed by atoms with Crippen LogP contribution in [0, 0.1) is 12.8 Å². The molecule has 1 unspecified atom stereocenters. The van der Waals surface area contributed by atoms with Gasteiger partial charge in [-0.25, -0.2) is 0 Å². The highest BCUT2D eigenvalue weighted by atomic mass is 16.2. The molecule has 2 saturated heterocycles. The van der Waals surface area contributed by atoms with E-state index in [0.29, 0.717) is 12.8 Å². The maximum absolute atomic E-state index is 12.6. The van der Waals surface area contributed by atoms with Crippen LogP contribution in [0.15, 0.2) is 6.20 Å². The van der Waals surface area contributed by atoms with Crippen LogP contribution in [0.2, 0.25) is 0 Å². The Kier molecular flexibility index (Phi) is 6.75. The van der Waals surface area contributed by atoms with Gasteiger partial charge in [0.05, 0.1) is 12.2 Å². The Balaban J connectivity index is 1.56. The van der Waals surface area contributed by atoms with E-state index in [4.69, 9.17) is 0 Å². The van der Waals surface area contributed by atoms with Crippen molar-refractivity contribution in [2.24, 2.45) is 13.0 Å². The van der Waals surface area contributed by atoms with Crippen LogP contribution in [0.4, 0.5) is 0 Å². The Labute approximate surface area is 168 Å². The summed E-state index contributed by atoms with van der Waals surface area (Å²) < 4.78 is 1.86. The van der Waals surface area contributed by atoms with Crippen LogP contribution < -0.4 is 5.32 Å². The third kappa shape index (κ3) is 4.57. The Hall–Kier alpha value is -1.89. The number of hydrogen-bond donors (Lipinski definition) is 1. The molecule has 3 atom stereocenters. The Bertz CT molecular complexity index is 693. The van der Waals surface area contributed by atoms with Gasteiger partial charge in [-0.05, 0) is 26.7 Å². The minimum absolute atomic E-state index is 0.0437. The van der Waals surface area contributed by atoms with E-state index in [0.717, 1.165) is 43.7 Å². The van der Waals surface area contributed by atoms with Crippen molar-refractivity contribution in [1.82, 2.24) is 24.9 Å². The minimum atomic E-state index is 0.0437. The lowest BCUT2D eigenvalue weighted by molar-refractivity contribution is -0.131. The fourth-order valence-electron chi connectivity index (χ4n) is 4.54. The number of likely N-dealkylation sites (tertiary alicyclic amines) is 2. The molecular weight excluding hydrogens is 354 g/mol. The summed E-state index contributed by atoms with van der Waals surface area (Å²) >= 11 is 0. The highest BCUT2D eigenvalue weighted by Gasteiger charge is 2.39. The standard InChI is InChI=1S/C21H35N5O2/c1-15(11-20(28)26-9-7-5-6-8-10-26)22-13-17-12-19(27)24(3)21(17)18-14-23-25(4)16(18)2/h14-15,17,21-22H,5-13H2,1-4H3/t15?,17-,21+/m0/s1. The zero-order chi connectivity index (χ0) is 20.3. The van der Waals surface area contributed by atoms with Crippen LogP contribution in [-0.2, 0) is 16.6 Å². The van der Waals surface area contributed by atoms with Gasteiger partial charge in [-0.3, -0.25) is 14.3 Å². The average molecular weight is 390 g/mol. The van der Waals surface area contributed by atoms with Crippen molar-refractivity contribution in [3.63, 3.8) is 0 Å². The number of nitrogens with one attached hydrogen (secondary N) is 1. The van der Waals surface area contributed by atoms with Crippen LogP contribution in [0.3, 0.4) is 0 Å². The largest absolute Gasteiger partial charge is 0.343 e. The number of nitrogens with zero attached hydrogens (tertiary/aromatic N) is 4. The van der Waals surface area contributed by atoms with Crippen molar-refractivity contribution in [2.45, 2.75) is 64.5 Å². The van der Waals surface area contributed by atoms with Crippen molar-refractivity contribution in [3.05, 3.63) is 17.5 Å². The number of aryl methyl sites for hydroxylation is 1. The van der Waals surface area contributed by atoms with E-state index in [-0.39, 0.29) is 29.8 Å². The molecule has 0 aliphatic carbocycles. The lowest BCUT2D eigenvalue weighted by atomic mass is 9.93. The molecule has 3 rings (SSSR count). The van der Waals surface area contributed by atoms with E-state index < -0.39 is 0 Å². The lowest BCUT2D eigenvalue weighted by Gasteiger charge is -2.27. The van der Waals surface area contributed by atoms with Gasteiger partial charge in [0.15, 0.2) is 0 Å². The second-order valence-electron chi connectivity index (χ2n) is 8.53. The molecule has 2 aliphatic rings. The van der Waals surface area contributed by atoms with E-state index in [1.165, 1.54) is 12.8 Å². The fourth-order valence-corrected chi connectivity index (χ4v) is 4.54. The second-order valence-corrected chi connectivity index (χ2v) is 8.53. The fraction of sp³-hybridized carbons (Fsp3) is 0.762. The van der Waals surface area contributed by atoms with Gasteiger partial charge < -0.3 is 15.1 Å². The van der Waals surface area contributed by atoms with Gasteiger partial charge in [0, 0.05) is 69.8 Å². The number of carbonyl (C=O) groups is 2. The van der Waals surface area contributed by atoms with Crippen LogP contribution in [-0.4, -0.2) is 64.1 Å². The van der Waals surface area contributed by atoms with Crippen molar-refractivity contribution in [3.8, 4) is 0 Å². The third-order valence-electron chi connectivity index (χ3n) is 6.45. The normalized spacial score (nSPS) is 24.5. The van der Waals surface area contributed by atoms with Gasteiger partial charge in [-0.15, -0.1) is 0 Å². The summed E-state index contributed by atoms with van der Waals surface area (Å²) in [4.78, 5) is 28.8. The van der Waals surface area contributed by atoms with Crippen molar-refractivity contribution < 1.29 is 9.59 Å². The Morgan fingerprint density at radius 3 is 2.54 bits per heavy atom. The summed E-state index contributed by atoms with van der Waals surface area (Å²) in [5, 5.41) is 7.88. The molecule has 1 N–H and O–H groups in total. The second kappa shape index (κ2) is 9.07. The first kappa shape index (κ1) is 20.8. The average Bonchev–Trinajstić information content (AvgIpc) is 3.00. The topological polar surface area (TPSA) is 70.5 Å². The summed E-state index contributed by atoms with van der Waals surface area (Å²) in [6.07, 6.45) is 7.65. The molecule has 3 heterocycles. The maximum atomic E-state index is 12.6. The van der Waals surface area contributed by atoms with Gasteiger partial charge in [0.2, 0.25) is 11.8 Å². The molecule has 0 saturated carbocycles. The first-order chi connectivity index (χ1) is 13.4. The zero-order valence-electron chi connectivity index (χ0n) is 17.8. The molecule has 2 aliphatic heterocycles. The molecule has 1 aromatic rings. The molecule has 2 amide bonds. The molecule has 7 nitrogen and oxygen atoms in total. The summed E-state index contributed by atoms with van der Waals surface area (Å²) in [5.74, 6) is 0.616. The monoisotopic (exact) mass is 389 g/mol. The molecular formula is C21H35N5O2. The smallest absolute Gasteiger partial charge is 0.224 e. The molecule has 28 heavy (non-hydrogen) atoms. The van der Waals surface area contributed by atoms with E-state index in [9.17, 15) is 9.59 Å². The zero-order valence-corrected chi connectivity index (χ0v) is 17.8. The summed E-state index contributed by atoms with van der Waals surface area (Å²) in [6, 6.07) is 0.148. The highest BCUT2D eigenvalue weighted by Crippen LogP contribution is 2.37. The Morgan fingerprint density at radius 1 is 1.25 bits per heavy atom. The number of carbonyl (C=O) groups excluding carboxylic acids is 2. The number of hydrogen-bond acceptors (Lipinski definition) is 4. The first-order valence-electron chi connectivity index (χ1n) is 10.6. The molecule has 7 heteroatoms. The lowest BCUT2D eigenvalue weighted by Crippen LogP contribution is -2.39. The number of aromatic nitrogens is 2. The predicted octanol–water partition coefficient (Wildman–Crippen LogP) is 2.02. The Morgan fingerprint density at radius 2 is 1.93 bits per heavy atom. The van der Waals surface area contributed by atoms with Crippen molar-refractivity contribution in [1.29, 1.82) is 0 Å². The van der Waals surface area contributed by atoms with Gasteiger partial charge >= 0.3 is 0 Å². The van der Waals surface area contributed by atoms with Crippen LogP contribution in [0.25, 0.3) is 0 Å². The predicted molar refractivity (Wildman–Crippen MR) is 109 cm³/mol. The van der Waals surface area contributed by atoms with Crippen molar-refractivity contribution in [2.75, 3.05) is 26.7 Å². The van der Waals surface area contributed by atoms with Gasteiger partial charge in [0.25, 0.3) is 0 Å². The van der Waals surface area contributed by atoms with Crippen LogP contribution in [0.1, 0.15) is 62.7 Å². The van der Waals surface area contributed by atoms with Crippen LogP contribution >= 0.6 is 0 Å². The molecule has 0 aromatic carbocycles. The first-order valence-corrected chi connectivity index (χ1v) is 10.6. The molecule has 0 spiro atoms. The quantitative estimate of drug-likeness (QED) is 0.808. The molecule has 0 bridgehead atoms. The molecule has 2 fully saturated rings. The van der Waals surface area contributed by atoms with Gasteiger partial charge in [0.1, 0.15) is 0 Å². The maximum Gasteiger partial charge on any atom is 0.224 e. The number of amides is 2. The summed E-state index contributed by atoms with van der Waals surface area (Å²) in [6.45, 7) is 6.64. The van der Waals surface area contributed by atoms with E-state index in [2.05, 4.69) is 17.3 Å². The SMILES string of the molecule is Cc1c([C@H]2[C@H](CNC(C)CC(=O)N3CCCCCC3)CC(=O)N2C)cnn1C. The molecule has 0 radical (unpaired) electrons. The van der Waals surface area contributed by atoms with E-state index in [1.54, 1.807) is 0 Å². The van der Waals surface area contributed by atoms with E-state index in [1.807, 2.05) is 41.7 Å². The molecule has 156 valence electrons. The summed E-state index contributed by atoms with van der Waals surface area (Å²) in [7, 11) is 3.81. The van der Waals surface area contributed by atoms with Crippen LogP contribution in [0.5, 0.6) is 0 Å². The highest BCUT2D eigenvalue weighted by molar-refractivity contribution is 5.79. The molecule has 1 aromatic heterocycles. The summed E-state index contributed by atoms with van der Waals surface area (Å²) in [5.41, 5.74) is 2.22. The van der Waals surface area contributed by atoms with Crippen molar-refractivity contribution >= 4 is 11.8 Å². The van der Waals surface area contributed by atoms with E-state index >= 15 is 0 Å². The number of rotatable bonds is 6. The third-order valence-corrected chi connectivity index (χ3v) is 6.45. The van der Waals surface area contributed by atoms with Gasteiger partial charge in [-0.1, -0.05) is 12.8 Å². The van der Waals surface area contributed by atoms with Gasteiger partial charge in [-0.2, -0.15) is 5.10 Å².